The molecular formula is C10H18N2O3Si. The van der Waals surface area contributed by atoms with Gasteiger partial charge in [0.2, 0.25) is 0 Å². The van der Waals surface area contributed by atoms with E-state index in [1.807, 2.05) is 19.6 Å². The van der Waals surface area contributed by atoms with E-state index in [-0.39, 0.29) is 12.3 Å². The molecule has 90 valence electrons. The van der Waals surface area contributed by atoms with Gasteiger partial charge in [0.05, 0.1) is 0 Å². The van der Waals surface area contributed by atoms with E-state index in [0.29, 0.717) is 0 Å². The first-order valence-corrected chi connectivity index (χ1v) is 8.40. The zero-order chi connectivity index (χ0) is 12.8. The molecule has 6 heteroatoms. The van der Waals surface area contributed by atoms with E-state index >= 15 is 0 Å². The largest absolute Gasteiger partial charge is 0.453 e. The van der Waals surface area contributed by atoms with Crippen LogP contribution < -0.4 is 0 Å². The van der Waals surface area contributed by atoms with Gasteiger partial charge in [0.15, 0.2) is 14.4 Å². The summed E-state index contributed by atoms with van der Waals surface area (Å²) >= 11 is 0. The summed E-state index contributed by atoms with van der Waals surface area (Å²) in [6.45, 7) is 11.1. The molecule has 0 aromatic carbocycles. The lowest BCUT2D eigenvalue weighted by Crippen LogP contribution is -2.39. The Labute approximate surface area is 96.8 Å². The molecule has 0 aromatic heterocycles. The SMILES string of the molecule is C=CCOC(=O)C(=[N+]=[N-])C(C)O[Si](C)(C)C. The van der Waals surface area contributed by atoms with Crippen molar-refractivity contribution in [1.82, 2.24) is 0 Å². The maximum absolute atomic E-state index is 11.4. The molecule has 0 aliphatic rings. The van der Waals surface area contributed by atoms with Gasteiger partial charge >= 0.3 is 11.7 Å². The van der Waals surface area contributed by atoms with Gasteiger partial charge in [-0.25, -0.2) is 4.79 Å². The Morgan fingerprint density at radius 2 is 2.12 bits per heavy atom. The number of carbonyl (C=O) groups excluding carboxylic acids is 1. The third kappa shape index (κ3) is 5.60. The van der Waals surface area contributed by atoms with Crippen molar-refractivity contribution in [2.75, 3.05) is 6.61 Å². The Bertz CT molecular complexity index is 317. The predicted octanol–water partition coefficient (Wildman–Crippen LogP) is 1.63. The molecule has 16 heavy (non-hydrogen) atoms. The van der Waals surface area contributed by atoms with Crippen molar-refractivity contribution in [3.8, 4) is 0 Å². The van der Waals surface area contributed by atoms with Crippen molar-refractivity contribution < 1.29 is 18.7 Å². The van der Waals surface area contributed by atoms with Gasteiger partial charge in [0.25, 0.3) is 0 Å². The van der Waals surface area contributed by atoms with E-state index in [2.05, 4.69) is 11.4 Å². The van der Waals surface area contributed by atoms with E-state index in [1.165, 1.54) is 6.08 Å². The fraction of sp³-hybridized carbons (Fsp3) is 0.600. The number of nitrogens with zero attached hydrogens (tertiary/aromatic N) is 2. The number of ether oxygens (including phenoxy) is 1. The summed E-state index contributed by atoms with van der Waals surface area (Å²) < 4.78 is 10.4. The van der Waals surface area contributed by atoms with E-state index < -0.39 is 20.4 Å². The summed E-state index contributed by atoms with van der Waals surface area (Å²) in [5.41, 5.74) is 8.64. The summed E-state index contributed by atoms with van der Waals surface area (Å²) in [5.74, 6) is -0.687. The molecule has 1 atom stereocenters. The highest BCUT2D eigenvalue weighted by atomic mass is 28.4. The van der Waals surface area contributed by atoms with Crippen molar-refractivity contribution >= 4 is 20.0 Å². The molecule has 0 N–H and O–H groups in total. The molecule has 1 unspecified atom stereocenters. The Morgan fingerprint density at radius 1 is 1.56 bits per heavy atom. The van der Waals surface area contributed by atoms with Crippen LogP contribution >= 0.6 is 0 Å². The van der Waals surface area contributed by atoms with Crippen molar-refractivity contribution in [2.24, 2.45) is 0 Å². The van der Waals surface area contributed by atoms with Crippen molar-refractivity contribution in [2.45, 2.75) is 32.7 Å². The average molecular weight is 242 g/mol. The lowest BCUT2D eigenvalue weighted by Gasteiger charge is -2.20. The Hall–Kier alpha value is -1.23. The number of rotatable bonds is 6. The number of esters is 1. The minimum atomic E-state index is -1.80. The van der Waals surface area contributed by atoms with Gasteiger partial charge < -0.3 is 14.7 Å². The second-order valence-corrected chi connectivity index (χ2v) is 8.71. The van der Waals surface area contributed by atoms with Crippen molar-refractivity contribution in [1.29, 1.82) is 0 Å². The van der Waals surface area contributed by atoms with Gasteiger partial charge in [-0.15, -0.1) is 0 Å². The molecule has 0 bridgehead atoms. The quantitative estimate of drug-likeness (QED) is 0.177. The lowest BCUT2D eigenvalue weighted by molar-refractivity contribution is -0.140. The number of carbonyl (C=O) groups is 1. The third-order valence-electron chi connectivity index (χ3n) is 1.56. The normalized spacial score (nSPS) is 12.5. The molecule has 0 radical (unpaired) electrons. The first kappa shape index (κ1) is 14.8. The smallest absolute Gasteiger partial charge is 0.420 e. The summed E-state index contributed by atoms with van der Waals surface area (Å²) in [7, 11) is -1.80. The predicted molar refractivity (Wildman–Crippen MR) is 63.7 cm³/mol. The van der Waals surface area contributed by atoms with Crippen LogP contribution in [0.15, 0.2) is 12.7 Å². The van der Waals surface area contributed by atoms with Crippen LogP contribution in [0, 0.1) is 0 Å². The molecular weight excluding hydrogens is 224 g/mol. The monoisotopic (exact) mass is 242 g/mol. The van der Waals surface area contributed by atoms with Gasteiger partial charge in [-0.1, -0.05) is 12.7 Å². The van der Waals surface area contributed by atoms with Crippen LogP contribution in [0.3, 0.4) is 0 Å². The molecule has 0 saturated heterocycles. The highest BCUT2D eigenvalue weighted by molar-refractivity contribution is 6.70. The maximum Gasteiger partial charge on any atom is 0.420 e. The van der Waals surface area contributed by atoms with Gasteiger partial charge in [-0.05, 0) is 26.6 Å². The van der Waals surface area contributed by atoms with Crippen molar-refractivity contribution in [3.63, 3.8) is 0 Å². The molecule has 0 fully saturated rings. The molecule has 0 amide bonds. The number of hydrogen-bond acceptors (Lipinski definition) is 3. The summed E-state index contributed by atoms with van der Waals surface area (Å²) in [5, 5.41) is 0. The first-order valence-electron chi connectivity index (χ1n) is 4.99. The minimum Gasteiger partial charge on any atom is -0.453 e. The highest BCUT2D eigenvalue weighted by Gasteiger charge is 2.33. The second-order valence-electron chi connectivity index (χ2n) is 4.24. The van der Waals surface area contributed by atoms with E-state index in [1.54, 1.807) is 6.92 Å². The lowest BCUT2D eigenvalue weighted by atomic mass is 10.2. The van der Waals surface area contributed by atoms with Crippen LogP contribution in [-0.2, 0) is 14.0 Å². The second kappa shape index (κ2) is 6.37. The topological polar surface area (TPSA) is 71.9 Å². The Balaban J connectivity index is 4.57. The van der Waals surface area contributed by atoms with Crippen LogP contribution in [-0.4, -0.2) is 37.5 Å². The van der Waals surface area contributed by atoms with Gasteiger partial charge in [-0.3, -0.25) is 0 Å². The molecule has 0 aromatic rings. The molecule has 0 aliphatic carbocycles. The van der Waals surface area contributed by atoms with Crippen LogP contribution in [0.5, 0.6) is 0 Å². The highest BCUT2D eigenvalue weighted by Crippen LogP contribution is 2.08. The third-order valence-corrected chi connectivity index (χ3v) is 2.63. The van der Waals surface area contributed by atoms with Gasteiger partial charge in [-0.2, -0.15) is 4.79 Å². The molecule has 0 aliphatic heterocycles. The van der Waals surface area contributed by atoms with Crippen LogP contribution in [0.25, 0.3) is 5.53 Å². The van der Waals surface area contributed by atoms with Gasteiger partial charge in [0.1, 0.15) is 6.61 Å². The zero-order valence-corrected chi connectivity index (χ0v) is 11.2. The van der Waals surface area contributed by atoms with E-state index in [4.69, 9.17) is 14.7 Å². The van der Waals surface area contributed by atoms with Gasteiger partial charge in [0, 0.05) is 0 Å². The number of hydrogen-bond donors (Lipinski definition) is 0. The first-order chi connectivity index (χ1) is 7.31. The fourth-order valence-corrected chi connectivity index (χ4v) is 2.26. The van der Waals surface area contributed by atoms with Crippen LogP contribution in [0.1, 0.15) is 6.92 Å². The molecule has 5 nitrogen and oxygen atoms in total. The Kier molecular flexibility index (Phi) is 5.88. The molecule has 0 rings (SSSR count). The fourth-order valence-electron chi connectivity index (χ4n) is 1.08. The maximum atomic E-state index is 11.4. The van der Waals surface area contributed by atoms with Crippen molar-refractivity contribution in [3.05, 3.63) is 18.2 Å². The van der Waals surface area contributed by atoms with E-state index in [0.717, 1.165) is 0 Å². The van der Waals surface area contributed by atoms with Crippen LogP contribution in [0.4, 0.5) is 0 Å². The summed E-state index contributed by atoms with van der Waals surface area (Å²) in [4.78, 5) is 14.4. The van der Waals surface area contributed by atoms with Crippen LogP contribution in [0.2, 0.25) is 19.6 Å². The summed E-state index contributed by atoms with van der Waals surface area (Å²) in [6.07, 6.45) is 0.866. The average Bonchev–Trinajstić information content (AvgIpc) is 2.12. The summed E-state index contributed by atoms with van der Waals surface area (Å²) in [6, 6.07) is 0. The zero-order valence-electron chi connectivity index (χ0n) is 10.2. The molecule has 0 saturated carbocycles. The van der Waals surface area contributed by atoms with E-state index in [9.17, 15) is 4.79 Å². The molecule has 0 spiro atoms. The minimum absolute atomic E-state index is 0.0809. The standard InChI is InChI=1S/C10H18N2O3Si/c1-6-7-14-10(13)9(12-11)8(2)15-16(3,4)5/h6,8H,1,7H2,2-5H3. The molecule has 0 heterocycles. The Morgan fingerprint density at radius 3 is 2.50 bits per heavy atom.